The Balaban J connectivity index is 1.41. The van der Waals surface area contributed by atoms with E-state index in [1.165, 1.54) is 22.3 Å². The summed E-state index contributed by atoms with van der Waals surface area (Å²) in [4.78, 5) is 44.5. The maximum atomic E-state index is 12.6. The van der Waals surface area contributed by atoms with E-state index in [9.17, 15) is 14.4 Å². The lowest BCUT2D eigenvalue weighted by atomic mass is 10.1. The van der Waals surface area contributed by atoms with Crippen molar-refractivity contribution in [2.24, 2.45) is 5.92 Å². The summed E-state index contributed by atoms with van der Waals surface area (Å²) in [6, 6.07) is 14.5. The zero-order chi connectivity index (χ0) is 22.8. The number of hydrogen-bond acceptors (Lipinski definition) is 6. The third kappa shape index (κ3) is 4.74. The first-order valence-corrected chi connectivity index (χ1v) is 11.3. The third-order valence-electron chi connectivity index (χ3n) is 5.29. The van der Waals surface area contributed by atoms with Gasteiger partial charge < -0.3 is 4.74 Å². The molecule has 0 spiro atoms. The number of esters is 1. The van der Waals surface area contributed by atoms with E-state index in [-0.39, 0.29) is 24.7 Å². The van der Waals surface area contributed by atoms with Crippen LogP contribution in [0.2, 0.25) is 5.02 Å². The SMILES string of the molecule is Cc1ccc(-c2nc(N3C[C@@H](C(=O)OCC(=O)c4cccc(Cl)c4)CC3=O)sc2C)cc1. The number of aromatic nitrogens is 1. The average molecular weight is 469 g/mol. The summed E-state index contributed by atoms with van der Waals surface area (Å²) in [5.74, 6) is -1.73. The highest BCUT2D eigenvalue weighted by molar-refractivity contribution is 7.16. The van der Waals surface area contributed by atoms with Crippen molar-refractivity contribution < 1.29 is 19.1 Å². The number of benzene rings is 2. The molecule has 3 aromatic rings. The van der Waals surface area contributed by atoms with Gasteiger partial charge in [0.15, 0.2) is 17.5 Å². The molecule has 1 aliphatic rings. The van der Waals surface area contributed by atoms with Crippen LogP contribution in [0, 0.1) is 19.8 Å². The van der Waals surface area contributed by atoms with Crippen LogP contribution >= 0.6 is 22.9 Å². The molecular formula is C24H21ClN2O4S. The molecule has 0 unspecified atom stereocenters. The molecule has 1 amide bonds. The first-order chi connectivity index (χ1) is 15.3. The molecule has 1 aromatic heterocycles. The van der Waals surface area contributed by atoms with E-state index in [0.717, 1.165) is 21.7 Å². The number of thiazole rings is 1. The largest absolute Gasteiger partial charge is 0.457 e. The Morgan fingerprint density at radius 1 is 1.19 bits per heavy atom. The number of hydrogen-bond donors (Lipinski definition) is 0. The first kappa shape index (κ1) is 22.2. The Morgan fingerprint density at radius 3 is 2.66 bits per heavy atom. The fourth-order valence-electron chi connectivity index (χ4n) is 3.53. The Morgan fingerprint density at radius 2 is 1.94 bits per heavy atom. The predicted octanol–water partition coefficient (Wildman–Crippen LogP) is 4.86. The summed E-state index contributed by atoms with van der Waals surface area (Å²) in [6.45, 7) is 3.78. The van der Waals surface area contributed by atoms with Crippen molar-refractivity contribution in [3.05, 3.63) is 69.6 Å². The van der Waals surface area contributed by atoms with Gasteiger partial charge in [-0.25, -0.2) is 4.98 Å². The second kappa shape index (κ2) is 9.22. The molecule has 0 bridgehead atoms. The van der Waals surface area contributed by atoms with Crippen LogP contribution in [0.1, 0.15) is 27.2 Å². The summed E-state index contributed by atoms with van der Waals surface area (Å²) >= 11 is 7.32. The molecule has 6 nitrogen and oxygen atoms in total. The zero-order valence-electron chi connectivity index (χ0n) is 17.6. The van der Waals surface area contributed by atoms with Crippen molar-refractivity contribution in [1.82, 2.24) is 4.98 Å². The van der Waals surface area contributed by atoms with Crippen LogP contribution in [0.4, 0.5) is 5.13 Å². The molecule has 8 heteroatoms. The van der Waals surface area contributed by atoms with Gasteiger partial charge in [0.25, 0.3) is 0 Å². The highest BCUT2D eigenvalue weighted by Gasteiger charge is 2.38. The minimum Gasteiger partial charge on any atom is -0.457 e. The van der Waals surface area contributed by atoms with Gasteiger partial charge in [-0.2, -0.15) is 0 Å². The van der Waals surface area contributed by atoms with E-state index in [2.05, 4.69) is 4.98 Å². The van der Waals surface area contributed by atoms with Gasteiger partial charge >= 0.3 is 5.97 Å². The van der Waals surface area contributed by atoms with Gasteiger partial charge in [-0.3, -0.25) is 19.3 Å². The van der Waals surface area contributed by atoms with Gasteiger partial charge in [-0.05, 0) is 26.0 Å². The Labute approximate surface area is 194 Å². The molecular weight excluding hydrogens is 448 g/mol. The fourth-order valence-corrected chi connectivity index (χ4v) is 4.68. The second-order valence-electron chi connectivity index (χ2n) is 7.71. The van der Waals surface area contributed by atoms with Gasteiger partial charge in [0, 0.05) is 34.0 Å². The van der Waals surface area contributed by atoms with E-state index in [4.69, 9.17) is 16.3 Å². The van der Waals surface area contributed by atoms with Crippen molar-refractivity contribution in [1.29, 1.82) is 0 Å². The minimum absolute atomic E-state index is 0.0304. The smallest absolute Gasteiger partial charge is 0.311 e. The zero-order valence-corrected chi connectivity index (χ0v) is 19.2. The monoisotopic (exact) mass is 468 g/mol. The van der Waals surface area contributed by atoms with Crippen LogP contribution in [0.3, 0.4) is 0 Å². The van der Waals surface area contributed by atoms with Crippen LogP contribution in [-0.4, -0.2) is 35.8 Å². The molecule has 32 heavy (non-hydrogen) atoms. The van der Waals surface area contributed by atoms with Gasteiger partial charge in [-0.15, -0.1) is 11.3 Å². The standard InChI is InChI=1S/C24H21ClN2O4S/c1-14-6-8-16(9-7-14)22-15(2)32-24(26-22)27-12-18(11-21(27)29)23(30)31-13-20(28)17-4-3-5-19(25)10-17/h3-10,18H,11-13H2,1-2H3/t18-/m0/s1. The molecule has 1 saturated heterocycles. The number of halogens is 1. The maximum absolute atomic E-state index is 12.6. The molecule has 2 heterocycles. The number of anilines is 1. The highest BCUT2D eigenvalue weighted by atomic mass is 35.5. The van der Waals surface area contributed by atoms with E-state index in [0.29, 0.717) is 15.7 Å². The average Bonchev–Trinajstić information content (AvgIpc) is 3.35. The Kier molecular flexibility index (Phi) is 6.39. The van der Waals surface area contributed by atoms with E-state index >= 15 is 0 Å². The maximum Gasteiger partial charge on any atom is 0.311 e. The second-order valence-corrected chi connectivity index (χ2v) is 9.33. The van der Waals surface area contributed by atoms with Gasteiger partial charge in [0.2, 0.25) is 5.91 Å². The molecule has 164 valence electrons. The van der Waals surface area contributed by atoms with E-state index in [1.54, 1.807) is 18.2 Å². The van der Waals surface area contributed by atoms with Crippen molar-refractivity contribution in [2.75, 3.05) is 18.1 Å². The van der Waals surface area contributed by atoms with Crippen LogP contribution in [0.15, 0.2) is 48.5 Å². The van der Waals surface area contributed by atoms with Gasteiger partial charge in [0.1, 0.15) is 0 Å². The number of nitrogens with zero attached hydrogens (tertiary/aromatic N) is 2. The normalized spacial score (nSPS) is 15.8. The van der Waals surface area contributed by atoms with Crippen molar-refractivity contribution in [3.63, 3.8) is 0 Å². The number of carbonyl (C=O) groups is 3. The molecule has 0 saturated carbocycles. The third-order valence-corrected chi connectivity index (χ3v) is 6.52. The summed E-state index contributed by atoms with van der Waals surface area (Å²) < 4.78 is 5.20. The van der Waals surface area contributed by atoms with Gasteiger partial charge in [0.05, 0.1) is 11.6 Å². The molecule has 2 aromatic carbocycles. The number of carbonyl (C=O) groups excluding carboxylic acids is 3. The Bertz CT molecular complexity index is 1190. The van der Waals surface area contributed by atoms with Crippen LogP contribution in [-0.2, 0) is 14.3 Å². The van der Waals surface area contributed by atoms with Crippen LogP contribution < -0.4 is 4.90 Å². The number of ketones is 1. The first-order valence-electron chi connectivity index (χ1n) is 10.1. The molecule has 0 N–H and O–H groups in total. The van der Waals surface area contributed by atoms with Crippen molar-refractivity contribution in [3.8, 4) is 11.3 Å². The van der Waals surface area contributed by atoms with E-state index in [1.807, 2.05) is 38.1 Å². The number of Topliss-reactive ketones (excluding diaryl/α,β-unsaturated/α-hetero) is 1. The summed E-state index contributed by atoms with van der Waals surface area (Å²) in [7, 11) is 0. The lowest BCUT2D eigenvalue weighted by molar-refractivity contribution is -0.147. The van der Waals surface area contributed by atoms with Crippen molar-refractivity contribution >= 4 is 45.7 Å². The number of ether oxygens (including phenoxy) is 1. The fraction of sp³-hybridized carbons (Fsp3) is 0.250. The van der Waals surface area contributed by atoms with Crippen LogP contribution in [0.25, 0.3) is 11.3 Å². The molecule has 1 fully saturated rings. The number of rotatable bonds is 6. The Hall–Kier alpha value is -3.03. The number of aryl methyl sites for hydroxylation is 2. The molecule has 0 aliphatic carbocycles. The lowest BCUT2D eigenvalue weighted by Gasteiger charge is -2.12. The number of amides is 1. The summed E-state index contributed by atoms with van der Waals surface area (Å²) in [5, 5.41) is 0.997. The topological polar surface area (TPSA) is 76.6 Å². The van der Waals surface area contributed by atoms with E-state index < -0.39 is 18.5 Å². The quantitative estimate of drug-likeness (QED) is 0.381. The van der Waals surface area contributed by atoms with Crippen molar-refractivity contribution in [2.45, 2.75) is 20.3 Å². The summed E-state index contributed by atoms with van der Waals surface area (Å²) in [5.41, 5.74) is 3.34. The highest BCUT2D eigenvalue weighted by Crippen LogP contribution is 2.35. The summed E-state index contributed by atoms with van der Waals surface area (Å²) in [6.07, 6.45) is 0.0304. The lowest BCUT2D eigenvalue weighted by Crippen LogP contribution is -2.27. The minimum atomic E-state index is -0.637. The van der Waals surface area contributed by atoms with Gasteiger partial charge in [-0.1, -0.05) is 53.6 Å². The molecule has 0 radical (unpaired) electrons. The van der Waals surface area contributed by atoms with Crippen LogP contribution in [0.5, 0.6) is 0 Å². The molecule has 1 atom stereocenters. The molecule has 4 rings (SSSR count). The molecule has 1 aliphatic heterocycles. The predicted molar refractivity (Wildman–Crippen MR) is 124 cm³/mol.